The highest BCUT2D eigenvalue weighted by molar-refractivity contribution is 7.89. The highest BCUT2D eigenvalue weighted by Crippen LogP contribution is 2.31. The van der Waals surface area contributed by atoms with Crippen LogP contribution in [0.15, 0.2) is 23.1 Å². The molecule has 7 nitrogen and oxygen atoms in total. The number of carbonyl (C=O) groups is 2. The molecule has 1 atom stereocenters. The molecule has 0 radical (unpaired) electrons. The van der Waals surface area contributed by atoms with E-state index in [9.17, 15) is 18.0 Å². The fraction of sp³-hybridized carbons (Fsp3) is 0.652. The molecule has 1 aromatic rings. The number of carbonyl (C=O) groups excluding carboxylic acids is 2. The van der Waals surface area contributed by atoms with Gasteiger partial charge in [0.15, 0.2) is 0 Å². The summed E-state index contributed by atoms with van der Waals surface area (Å²) in [4.78, 5) is 26.9. The van der Waals surface area contributed by atoms with Crippen LogP contribution in [-0.2, 0) is 26.0 Å². The second kappa shape index (κ2) is 10.1. The number of anilines is 1. The van der Waals surface area contributed by atoms with E-state index in [0.29, 0.717) is 19.4 Å². The number of amides is 2. The van der Waals surface area contributed by atoms with E-state index in [1.54, 1.807) is 17.0 Å². The Morgan fingerprint density at radius 2 is 1.81 bits per heavy atom. The van der Waals surface area contributed by atoms with E-state index in [-0.39, 0.29) is 28.7 Å². The Morgan fingerprint density at radius 1 is 1.13 bits per heavy atom. The largest absolute Gasteiger partial charge is 0.352 e. The van der Waals surface area contributed by atoms with Crippen LogP contribution in [0.1, 0.15) is 71.3 Å². The van der Waals surface area contributed by atoms with Gasteiger partial charge in [-0.25, -0.2) is 8.42 Å². The van der Waals surface area contributed by atoms with E-state index in [1.165, 1.54) is 18.9 Å². The van der Waals surface area contributed by atoms with Gasteiger partial charge in [-0.1, -0.05) is 46.5 Å². The van der Waals surface area contributed by atoms with E-state index >= 15 is 0 Å². The second-order valence-electron chi connectivity index (χ2n) is 8.98. The molecule has 1 heterocycles. The first-order valence-corrected chi connectivity index (χ1v) is 13.0. The zero-order valence-corrected chi connectivity index (χ0v) is 19.6. The van der Waals surface area contributed by atoms with Gasteiger partial charge < -0.3 is 10.2 Å². The summed E-state index contributed by atoms with van der Waals surface area (Å²) in [5.41, 5.74) is 1.62. The van der Waals surface area contributed by atoms with Crippen molar-refractivity contribution in [2.75, 3.05) is 11.4 Å². The van der Waals surface area contributed by atoms with E-state index in [2.05, 4.69) is 10.0 Å². The quantitative estimate of drug-likeness (QED) is 0.625. The minimum Gasteiger partial charge on any atom is -0.352 e. The van der Waals surface area contributed by atoms with Gasteiger partial charge in [0, 0.05) is 24.7 Å². The van der Waals surface area contributed by atoms with Crippen LogP contribution in [0.2, 0.25) is 0 Å². The summed E-state index contributed by atoms with van der Waals surface area (Å²) in [6.45, 7) is 6.07. The van der Waals surface area contributed by atoms with E-state index < -0.39 is 16.1 Å². The third-order valence-electron chi connectivity index (χ3n) is 6.29. The number of benzene rings is 1. The number of hydrogen-bond acceptors (Lipinski definition) is 4. The van der Waals surface area contributed by atoms with Crippen molar-refractivity contribution in [2.24, 2.45) is 5.92 Å². The van der Waals surface area contributed by atoms with Crippen molar-refractivity contribution < 1.29 is 18.0 Å². The Labute approximate surface area is 186 Å². The van der Waals surface area contributed by atoms with Gasteiger partial charge in [-0.3, -0.25) is 9.59 Å². The maximum absolute atomic E-state index is 13.1. The number of fused-ring (bicyclic) bond motifs is 1. The lowest BCUT2D eigenvalue weighted by molar-refractivity contribution is -0.124. The van der Waals surface area contributed by atoms with Gasteiger partial charge in [0.05, 0.1) is 4.90 Å². The molecule has 31 heavy (non-hydrogen) atoms. The van der Waals surface area contributed by atoms with Gasteiger partial charge in [0.25, 0.3) is 0 Å². The van der Waals surface area contributed by atoms with Crippen LogP contribution in [0.3, 0.4) is 0 Å². The Balaban J connectivity index is 1.74. The molecular weight excluding hydrogens is 414 g/mol. The number of nitrogens with one attached hydrogen (secondary N) is 2. The summed E-state index contributed by atoms with van der Waals surface area (Å²) in [5.74, 6) is -0.415. The van der Waals surface area contributed by atoms with Crippen molar-refractivity contribution in [3.8, 4) is 0 Å². The van der Waals surface area contributed by atoms with Crippen LogP contribution in [0.25, 0.3) is 0 Å². The van der Waals surface area contributed by atoms with Crippen molar-refractivity contribution in [3.63, 3.8) is 0 Å². The van der Waals surface area contributed by atoms with Gasteiger partial charge >= 0.3 is 0 Å². The molecule has 0 aromatic heterocycles. The summed E-state index contributed by atoms with van der Waals surface area (Å²) in [6.07, 6.45) is 7.49. The zero-order valence-electron chi connectivity index (χ0n) is 18.8. The summed E-state index contributed by atoms with van der Waals surface area (Å²) in [6, 6.07) is 4.12. The predicted octanol–water partition coefficient (Wildman–Crippen LogP) is 3.13. The van der Waals surface area contributed by atoms with Gasteiger partial charge in [-0.2, -0.15) is 4.72 Å². The Hall–Kier alpha value is -1.93. The molecule has 0 saturated heterocycles. The molecule has 0 bridgehead atoms. The van der Waals surface area contributed by atoms with Crippen LogP contribution in [0.4, 0.5) is 5.69 Å². The van der Waals surface area contributed by atoms with Crippen molar-refractivity contribution >= 4 is 27.5 Å². The van der Waals surface area contributed by atoms with Gasteiger partial charge in [0.1, 0.15) is 6.04 Å². The predicted molar refractivity (Wildman–Crippen MR) is 121 cm³/mol. The lowest BCUT2D eigenvalue weighted by atomic mass is 10.0. The van der Waals surface area contributed by atoms with Crippen molar-refractivity contribution in [3.05, 3.63) is 23.8 Å². The fourth-order valence-electron chi connectivity index (χ4n) is 4.44. The summed E-state index contributed by atoms with van der Waals surface area (Å²) in [7, 11) is -3.88. The second-order valence-corrected chi connectivity index (χ2v) is 10.7. The standard InChI is InChI=1S/C23H35N3O4S/c1-4-21(27)26-14-13-17-15-19(11-12-20(17)26)31(29,30)25-22(16(2)3)23(28)24-18-9-7-5-6-8-10-18/h11-12,15-16,18,22,25H,4-10,13-14H2,1-3H3,(H,24,28)/t22-/m1/s1. The average Bonchev–Trinajstić information content (AvgIpc) is 2.99. The molecule has 3 rings (SSSR count). The smallest absolute Gasteiger partial charge is 0.241 e. The van der Waals surface area contributed by atoms with E-state index in [4.69, 9.17) is 0 Å². The van der Waals surface area contributed by atoms with Gasteiger partial charge in [-0.15, -0.1) is 0 Å². The summed E-state index contributed by atoms with van der Waals surface area (Å²) < 4.78 is 28.8. The van der Waals surface area contributed by atoms with Gasteiger partial charge in [0.2, 0.25) is 21.8 Å². The monoisotopic (exact) mass is 449 g/mol. The minimum absolute atomic E-state index is 0.0301. The molecule has 1 fully saturated rings. The zero-order chi connectivity index (χ0) is 22.6. The highest BCUT2D eigenvalue weighted by atomic mass is 32.2. The molecular formula is C23H35N3O4S. The van der Waals surface area contributed by atoms with Crippen molar-refractivity contribution in [1.29, 1.82) is 0 Å². The average molecular weight is 450 g/mol. The van der Waals surface area contributed by atoms with Crippen LogP contribution in [0.5, 0.6) is 0 Å². The maximum atomic E-state index is 13.1. The van der Waals surface area contributed by atoms with Crippen LogP contribution >= 0.6 is 0 Å². The minimum atomic E-state index is -3.88. The Morgan fingerprint density at radius 3 is 2.42 bits per heavy atom. The van der Waals surface area contributed by atoms with E-state index in [0.717, 1.165) is 36.9 Å². The Bertz CT molecular complexity index is 905. The number of sulfonamides is 1. The Kier molecular flexibility index (Phi) is 7.75. The van der Waals surface area contributed by atoms with Crippen LogP contribution in [-0.4, -0.2) is 38.9 Å². The molecule has 1 aromatic carbocycles. The SMILES string of the molecule is CCC(=O)N1CCc2cc(S(=O)(=O)N[C@@H](C(=O)NC3CCCCCC3)C(C)C)ccc21. The van der Waals surface area contributed by atoms with E-state index in [1.807, 2.05) is 20.8 Å². The normalized spacial score (nSPS) is 18.5. The molecule has 2 amide bonds. The first kappa shape index (κ1) is 23.7. The molecule has 0 spiro atoms. The van der Waals surface area contributed by atoms with Crippen molar-refractivity contribution in [2.45, 2.75) is 89.1 Å². The molecule has 1 saturated carbocycles. The fourth-order valence-corrected chi connectivity index (χ4v) is 5.83. The number of nitrogens with zero attached hydrogens (tertiary/aromatic N) is 1. The third-order valence-corrected chi connectivity index (χ3v) is 7.73. The van der Waals surface area contributed by atoms with Gasteiger partial charge in [-0.05, 0) is 48.9 Å². The van der Waals surface area contributed by atoms with Crippen LogP contribution < -0.4 is 14.9 Å². The maximum Gasteiger partial charge on any atom is 0.241 e. The molecule has 8 heteroatoms. The summed E-state index contributed by atoms with van der Waals surface area (Å²) in [5, 5.41) is 3.07. The molecule has 0 unspecified atom stereocenters. The lowest BCUT2D eigenvalue weighted by Crippen LogP contribution is -2.51. The number of hydrogen-bond donors (Lipinski definition) is 2. The molecule has 172 valence electrons. The topological polar surface area (TPSA) is 95.6 Å². The summed E-state index contributed by atoms with van der Waals surface area (Å²) >= 11 is 0. The lowest BCUT2D eigenvalue weighted by Gasteiger charge is -2.25. The first-order valence-electron chi connectivity index (χ1n) is 11.5. The molecule has 2 aliphatic rings. The highest BCUT2D eigenvalue weighted by Gasteiger charge is 2.31. The first-order chi connectivity index (χ1) is 14.7. The molecule has 1 aliphatic carbocycles. The molecule has 1 aliphatic heterocycles. The number of rotatable bonds is 7. The van der Waals surface area contributed by atoms with Crippen LogP contribution in [0, 0.1) is 5.92 Å². The van der Waals surface area contributed by atoms with Crippen molar-refractivity contribution in [1.82, 2.24) is 10.0 Å². The third kappa shape index (κ3) is 5.66. The molecule has 2 N–H and O–H groups in total.